The first-order valence-electron chi connectivity index (χ1n) is 17.1. The van der Waals surface area contributed by atoms with Crippen molar-refractivity contribution in [3.63, 3.8) is 0 Å². The quantitative estimate of drug-likeness (QED) is 0.148. The number of hydrogen-bond donors (Lipinski definition) is 2. The van der Waals surface area contributed by atoms with Gasteiger partial charge < -0.3 is 19.9 Å². The Hall–Kier alpha value is -5.67. The zero-order valence-corrected chi connectivity index (χ0v) is 30.3. The van der Waals surface area contributed by atoms with Gasteiger partial charge in [0, 0.05) is 42.8 Å². The number of nitrogens with zero attached hydrogens (tertiary/aromatic N) is 5. The summed E-state index contributed by atoms with van der Waals surface area (Å²) in [5.41, 5.74) is 3.18. The lowest BCUT2D eigenvalue weighted by atomic mass is 10.2. The van der Waals surface area contributed by atoms with E-state index in [0.29, 0.717) is 30.3 Å². The fourth-order valence-electron chi connectivity index (χ4n) is 5.95. The molecule has 13 nitrogen and oxygen atoms in total. The van der Waals surface area contributed by atoms with Gasteiger partial charge in [-0.05, 0) is 48.4 Å². The van der Waals surface area contributed by atoms with E-state index < -0.39 is 5.97 Å². The summed E-state index contributed by atoms with van der Waals surface area (Å²) in [6.45, 7) is 2.07. The molecule has 0 spiro atoms. The first-order chi connectivity index (χ1) is 25.9. The van der Waals surface area contributed by atoms with E-state index in [9.17, 15) is 19.2 Å². The monoisotopic (exact) mass is 754 g/mol. The zero-order chi connectivity index (χ0) is 37.0. The van der Waals surface area contributed by atoms with Crippen LogP contribution in [0.1, 0.15) is 85.4 Å². The summed E-state index contributed by atoms with van der Waals surface area (Å²) in [5, 5.41) is 16.5. The number of ether oxygens (including phenoxy) is 2. The SMILES string of the molecule is O=C(NCc1cccnc1)c1csc([C@@H]2CCCN2C(=O)OCc2ccccc2)n1.O=C(O)c1csc([C@@H]2CCCN2C(=O)OCc2ccccc2)n1. The summed E-state index contributed by atoms with van der Waals surface area (Å²) in [7, 11) is 0. The Morgan fingerprint density at radius 3 is 1.72 bits per heavy atom. The van der Waals surface area contributed by atoms with Crippen LogP contribution in [0.15, 0.2) is 96.0 Å². The molecular formula is C38H38N6O7S2. The van der Waals surface area contributed by atoms with Crippen molar-refractivity contribution in [3.8, 4) is 0 Å². The van der Waals surface area contributed by atoms with Crippen LogP contribution in [0.4, 0.5) is 9.59 Å². The van der Waals surface area contributed by atoms with Crippen LogP contribution in [-0.4, -0.2) is 67.0 Å². The summed E-state index contributed by atoms with van der Waals surface area (Å²) in [5.74, 6) is -1.29. The molecule has 2 N–H and O–H groups in total. The molecule has 5 aromatic rings. The fraction of sp³-hybridized carbons (Fsp3) is 0.289. The molecule has 2 atom stereocenters. The van der Waals surface area contributed by atoms with Gasteiger partial charge in [0.25, 0.3) is 5.91 Å². The van der Waals surface area contributed by atoms with Gasteiger partial charge in [0.2, 0.25) is 0 Å². The Labute approximate surface area is 314 Å². The molecule has 274 valence electrons. The number of thiazole rings is 2. The maximum absolute atomic E-state index is 12.6. The molecule has 2 fully saturated rings. The summed E-state index contributed by atoms with van der Waals surface area (Å²) in [4.78, 5) is 64.3. The Morgan fingerprint density at radius 2 is 1.23 bits per heavy atom. The summed E-state index contributed by atoms with van der Waals surface area (Å²) < 4.78 is 10.8. The molecule has 3 amide bonds. The van der Waals surface area contributed by atoms with Crippen molar-refractivity contribution in [2.45, 2.75) is 57.5 Å². The highest BCUT2D eigenvalue weighted by atomic mass is 32.1. The molecule has 2 aliphatic rings. The molecule has 5 heterocycles. The van der Waals surface area contributed by atoms with E-state index in [1.807, 2.05) is 72.8 Å². The molecule has 0 bridgehead atoms. The third kappa shape index (κ3) is 10.0. The molecule has 0 radical (unpaired) electrons. The number of carbonyl (C=O) groups is 4. The lowest BCUT2D eigenvalue weighted by Gasteiger charge is -2.22. The molecule has 2 aliphatic heterocycles. The first-order valence-corrected chi connectivity index (χ1v) is 18.9. The van der Waals surface area contributed by atoms with Crippen molar-refractivity contribution in [1.82, 2.24) is 30.1 Å². The summed E-state index contributed by atoms with van der Waals surface area (Å²) >= 11 is 2.67. The molecule has 0 unspecified atom stereocenters. The van der Waals surface area contributed by atoms with Crippen molar-refractivity contribution in [1.29, 1.82) is 0 Å². The lowest BCUT2D eigenvalue weighted by molar-refractivity contribution is 0.0690. The molecule has 2 aromatic carbocycles. The number of carbonyl (C=O) groups excluding carboxylic acids is 3. The van der Waals surface area contributed by atoms with Crippen molar-refractivity contribution in [2.75, 3.05) is 13.1 Å². The van der Waals surface area contributed by atoms with Gasteiger partial charge in [-0.2, -0.15) is 0 Å². The van der Waals surface area contributed by atoms with Crippen molar-refractivity contribution in [2.24, 2.45) is 0 Å². The molecule has 7 rings (SSSR count). The Balaban J connectivity index is 0.000000188. The third-order valence-corrected chi connectivity index (χ3v) is 10.5. The Kier molecular flexibility index (Phi) is 12.7. The number of likely N-dealkylation sites (tertiary alicyclic amines) is 2. The fourth-order valence-corrected chi connectivity index (χ4v) is 7.83. The first kappa shape index (κ1) is 37.1. The number of pyridine rings is 1. The van der Waals surface area contributed by atoms with Gasteiger partial charge in [0.05, 0.1) is 12.1 Å². The van der Waals surface area contributed by atoms with E-state index >= 15 is 0 Å². The number of aromatic nitrogens is 3. The van der Waals surface area contributed by atoms with Crippen molar-refractivity contribution < 1.29 is 33.8 Å². The van der Waals surface area contributed by atoms with Gasteiger partial charge in [-0.15, -0.1) is 22.7 Å². The topological polar surface area (TPSA) is 164 Å². The van der Waals surface area contributed by atoms with Crippen LogP contribution in [-0.2, 0) is 29.2 Å². The number of nitrogens with one attached hydrogen (secondary N) is 1. The number of carboxylic acids is 1. The molecular weight excluding hydrogens is 717 g/mol. The van der Waals surface area contributed by atoms with Gasteiger partial charge in [0.1, 0.15) is 28.9 Å². The van der Waals surface area contributed by atoms with Crippen LogP contribution in [0.3, 0.4) is 0 Å². The molecule has 15 heteroatoms. The minimum atomic E-state index is -1.05. The number of amides is 3. The van der Waals surface area contributed by atoms with E-state index in [1.165, 1.54) is 28.1 Å². The van der Waals surface area contributed by atoms with E-state index in [-0.39, 0.29) is 49.1 Å². The van der Waals surface area contributed by atoms with Crippen LogP contribution >= 0.6 is 22.7 Å². The zero-order valence-electron chi connectivity index (χ0n) is 28.7. The van der Waals surface area contributed by atoms with Crippen LogP contribution in [0.25, 0.3) is 0 Å². The Bertz CT molecular complexity index is 1980. The van der Waals surface area contributed by atoms with Gasteiger partial charge in [-0.3, -0.25) is 19.6 Å². The number of rotatable bonds is 10. The summed E-state index contributed by atoms with van der Waals surface area (Å²) in [6.07, 6.45) is 5.99. The van der Waals surface area contributed by atoms with Crippen LogP contribution in [0.5, 0.6) is 0 Å². The second-order valence-electron chi connectivity index (χ2n) is 12.3. The highest BCUT2D eigenvalue weighted by Gasteiger charge is 2.35. The van der Waals surface area contributed by atoms with Gasteiger partial charge in [0.15, 0.2) is 5.69 Å². The van der Waals surface area contributed by atoms with Gasteiger partial charge >= 0.3 is 18.2 Å². The highest BCUT2D eigenvalue weighted by molar-refractivity contribution is 7.10. The number of aromatic carboxylic acids is 1. The van der Waals surface area contributed by atoms with E-state index in [2.05, 4.69) is 20.3 Å². The van der Waals surface area contributed by atoms with Crippen molar-refractivity contribution in [3.05, 3.63) is 134 Å². The highest BCUT2D eigenvalue weighted by Crippen LogP contribution is 2.35. The Morgan fingerprint density at radius 1 is 0.717 bits per heavy atom. The van der Waals surface area contributed by atoms with Gasteiger partial charge in [-0.1, -0.05) is 66.7 Å². The second-order valence-corrected chi connectivity index (χ2v) is 14.1. The van der Waals surface area contributed by atoms with Gasteiger partial charge in [-0.25, -0.2) is 24.4 Å². The minimum absolute atomic E-state index is 0.0227. The van der Waals surface area contributed by atoms with Crippen LogP contribution in [0.2, 0.25) is 0 Å². The average molecular weight is 755 g/mol. The third-order valence-electron chi connectivity index (χ3n) is 8.63. The normalized spacial score (nSPS) is 16.4. The average Bonchev–Trinajstić information content (AvgIpc) is 4.03. The lowest BCUT2D eigenvalue weighted by Crippen LogP contribution is -2.31. The molecule has 0 saturated carbocycles. The maximum Gasteiger partial charge on any atom is 0.410 e. The maximum atomic E-state index is 12.6. The molecule has 3 aromatic heterocycles. The molecule has 2 saturated heterocycles. The van der Waals surface area contributed by atoms with Crippen LogP contribution < -0.4 is 5.32 Å². The van der Waals surface area contributed by atoms with Crippen molar-refractivity contribution >= 4 is 46.7 Å². The largest absolute Gasteiger partial charge is 0.476 e. The summed E-state index contributed by atoms with van der Waals surface area (Å²) in [6, 6.07) is 22.5. The second kappa shape index (κ2) is 18.2. The van der Waals surface area contributed by atoms with Crippen LogP contribution in [0, 0.1) is 0 Å². The number of benzene rings is 2. The minimum Gasteiger partial charge on any atom is -0.476 e. The standard InChI is InChI=1S/C22H22N4O3S.C16H16N2O4S/c27-20(24-13-17-8-4-10-23-12-17)18-15-30-21(25-18)19-9-5-11-26(19)22(28)29-14-16-6-2-1-3-7-16;19-15(20)12-10-23-14(17-12)13-7-4-8-18(13)16(21)22-9-11-5-2-1-3-6-11/h1-4,6-8,10,12,15,19H,5,9,11,13-14H2,(H,24,27);1-3,5-6,10,13H,4,7-9H2,(H,19,20)/t19-;13-/m00/s1. The molecule has 53 heavy (non-hydrogen) atoms. The molecule has 0 aliphatic carbocycles. The smallest absolute Gasteiger partial charge is 0.410 e. The number of carboxylic acid groups (broad SMARTS) is 1. The predicted molar refractivity (Wildman–Crippen MR) is 197 cm³/mol. The predicted octanol–water partition coefficient (Wildman–Crippen LogP) is 7.26. The van der Waals surface area contributed by atoms with E-state index in [1.54, 1.807) is 27.6 Å². The van der Waals surface area contributed by atoms with E-state index in [4.69, 9.17) is 14.6 Å². The van der Waals surface area contributed by atoms with E-state index in [0.717, 1.165) is 47.4 Å². The number of hydrogen-bond acceptors (Lipinski definition) is 11.